The Kier molecular flexibility index (Phi) is 5.52. The number of hydrogen-bond acceptors (Lipinski definition) is 1. The van der Waals surface area contributed by atoms with Crippen LogP contribution in [0.5, 0.6) is 0 Å². The lowest BCUT2D eigenvalue weighted by molar-refractivity contribution is 0.134. The molecule has 0 rings (SSSR count). The molecule has 0 bridgehead atoms. The van der Waals surface area contributed by atoms with Crippen LogP contribution in [0.15, 0.2) is 12.4 Å². The van der Waals surface area contributed by atoms with Crippen molar-refractivity contribution in [1.82, 2.24) is 0 Å². The van der Waals surface area contributed by atoms with Crippen molar-refractivity contribution >= 4 is 0 Å². The molecule has 2 heteroatoms. The van der Waals surface area contributed by atoms with Gasteiger partial charge in [0.25, 0.3) is 0 Å². The highest BCUT2D eigenvalue weighted by atomic mass is 19.1. The van der Waals surface area contributed by atoms with Gasteiger partial charge in [0, 0.05) is 6.61 Å². The molecule has 0 spiro atoms. The van der Waals surface area contributed by atoms with E-state index in [1.54, 1.807) is 0 Å². The highest BCUT2D eigenvalue weighted by Crippen LogP contribution is 1.91. The third kappa shape index (κ3) is 7.63. The molecule has 0 amide bonds. The molecule has 0 saturated carbocycles. The van der Waals surface area contributed by atoms with Gasteiger partial charge in [-0.1, -0.05) is 13.8 Å². The average Bonchev–Trinajstić information content (AvgIpc) is 1.80. The first-order chi connectivity index (χ1) is 4.27. The van der Waals surface area contributed by atoms with Crippen LogP contribution in [0.25, 0.3) is 0 Å². The van der Waals surface area contributed by atoms with Crippen molar-refractivity contribution in [3.8, 4) is 0 Å². The van der Waals surface area contributed by atoms with Gasteiger partial charge in [-0.05, 0) is 12.0 Å². The monoisotopic (exact) mass is 132 g/mol. The molecule has 0 aliphatic carbocycles. The first-order valence-electron chi connectivity index (χ1n) is 3.10. The Morgan fingerprint density at radius 2 is 2.22 bits per heavy atom. The van der Waals surface area contributed by atoms with Crippen LogP contribution >= 0.6 is 0 Å². The molecule has 0 heterocycles. The Balaban J connectivity index is 2.91. The minimum Gasteiger partial charge on any atom is -0.377 e. The Labute approximate surface area is 55.5 Å². The standard InChI is InChI=1S/C7H13FO/c1-7(2)6-9-5-3-4-8/h3-4,7H,5-6H2,1-2H3/b4-3+. The van der Waals surface area contributed by atoms with E-state index in [1.807, 2.05) is 0 Å². The second-order valence-corrected chi connectivity index (χ2v) is 2.29. The third-order valence-corrected chi connectivity index (χ3v) is 0.754. The van der Waals surface area contributed by atoms with Crippen LogP contribution in [0.1, 0.15) is 13.8 Å². The molecule has 0 saturated heterocycles. The Hall–Kier alpha value is -0.370. The van der Waals surface area contributed by atoms with Crippen molar-refractivity contribution < 1.29 is 9.13 Å². The van der Waals surface area contributed by atoms with E-state index in [-0.39, 0.29) is 0 Å². The minimum atomic E-state index is 0.384. The first kappa shape index (κ1) is 8.63. The van der Waals surface area contributed by atoms with Crippen molar-refractivity contribution in [2.45, 2.75) is 13.8 Å². The quantitative estimate of drug-likeness (QED) is 0.532. The maximum atomic E-state index is 11.3. The first-order valence-corrected chi connectivity index (χ1v) is 3.10. The van der Waals surface area contributed by atoms with Crippen LogP contribution < -0.4 is 0 Å². The van der Waals surface area contributed by atoms with Crippen LogP contribution in [0.4, 0.5) is 4.39 Å². The van der Waals surface area contributed by atoms with Gasteiger partial charge in [-0.3, -0.25) is 0 Å². The molecule has 1 nitrogen and oxygen atoms in total. The molecule has 0 aliphatic rings. The summed E-state index contributed by atoms with van der Waals surface area (Å²) in [6, 6.07) is 0. The molecule has 0 atom stereocenters. The maximum Gasteiger partial charge on any atom is 0.0849 e. The summed E-state index contributed by atoms with van der Waals surface area (Å²) in [5.41, 5.74) is 0. The van der Waals surface area contributed by atoms with Crippen LogP contribution in [-0.4, -0.2) is 13.2 Å². The van der Waals surface area contributed by atoms with E-state index in [2.05, 4.69) is 13.8 Å². The summed E-state index contributed by atoms with van der Waals surface area (Å²) in [5, 5.41) is 0. The number of rotatable bonds is 4. The number of hydrogen-bond donors (Lipinski definition) is 0. The van der Waals surface area contributed by atoms with E-state index in [4.69, 9.17) is 4.74 Å². The van der Waals surface area contributed by atoms with Crippen molar-refractivity contribution in [2.24, 2.45) is 5.92 Å². The summed E-state index contributed by atoms with van der Waals surface area (Å²) < 4.78 is 16.3. The SMILES string of the molecule is CC(C)COC/C=C/F. The van der Waals surface area contributed by atoms with Gasteiger partial charge < -0.3 is 4.74 Å². The predicted molar refractivity (Wildman–Crippen MR) is 35.9 cm³/mol. The fraction of sp³-hybridized carbons (Fsp3) is 0.714. The van der Waals surface area contributed by atoms with Gasteiger partial charge in [-0.25, -0.2) is 4.39 Å². The number of halogens is 1. The maximum absolute atomic E-state index is 11.3. The molecule has 0 unspecified atom stereocenters. The van der Waals surface area contributed by atoms with E-state index < -0.39 is 0 Å². The number of ether oxygens (including phenoxy) is 1. The second kappa shape index (κ2) is 5.76. The molecule has 0 radical (unpaired) electrons. The molecule has 54 valence electrons. The molecule has 0 N–H and O–H groups in total. The summed E-state index contributed by atoms with van der Waals surface area (Å²) in [4.78, 5) is 0. The van der Waals surface area contributed by atoms with Crippen LogP contribution in [-0.2, 0) is 4.74 Å². The lowest BCUT2D eigenvalue weighted by Crippen LogP contribution is -2.00. The Bertz CT molecular complexity index is 79.0. The fourth-order valence-electron chi connectivity index (χ4n) is 0.408. The van der Waals surface area contributed by atoms with Crippen molar-refractivity contribution in [3.63, 3.8) is 0 Å². The molecular weight excluding hydrogens is 119 g/mol. The molecular formula is C7H13FO. The molecule has 0 aromatic rings. The summed E-state index contributed by atoms with van der Waals surface area (Å²) in [7, 11) is 0. The van der Waals surface area contributed by atoms with Crippen LogP contribution in [0.2, 0.25) is 0 Å². The van der Waals surface area contributed by atoms with Crippen LogP contribution in [0, 0.1) is 5.92 Å². The highest BCUT2D eigenvalue weighted by molar-refractivity contribution is 4.70. The summed E-state index contributed by atoms with van der Waals surface area (Å²) in [6.45, 7) is 5.19. The summed E-state index contributed by atoms with van der Waals surface area (Å²) >= 11 is 0. The third-order valence-electron chi connectivity index (χ3n) is 0.754. The molecule has 0 aromatic carbocycles. The minimum absolute atomic E-state index is 0.384. The Morgan fingerprint density at radius 3 is 2.67 bits per heavy atom. The molecule has 0 aromatic heterocycles. The van der Waals surface area contributed by atoms with Crippen molar-refractivity contribution in [1.29, 1.82) is 0 Å². The van der Waals surface area contributed by atoms with Gasteiger partial charge in [0.2, 0.25) is 0 Å². The average molecular weight is 132 g/mol. The predicted octanol–water partition coefficient (Wildman–Crippen LogP) is 2.14. The molecule has 9 heavy (non-hydrogen) atoms. The van der Waals surface area contributed by atoms with Gasteiger partial charge in [0.15, 0.2) is 0 Å². The van der Waals surface area contributed by atoms with Gasteiger partial charge in [-0.15, -0.1) is 0 Å². The summed E-state index contributed by atoms with van der Waals surface area (Å²) in [5.74, 6) is 0.526. The van der Waals surface area contributed by atoms with Crippen molar-refractivity contribution in [3.05, 3.63) is 12.4 Å². The van der Waals surface area contributed by atoms with E-state index in [1.165, 1.54) is 6.08 Å². The fourth-order valence-corrected chi connectivity index (χ4v) is 0.408. The van der Waals surface area contributed by atoms with Gasteiger partial charge >= 0.3 is 0 Å². The largest absolute Gasteiger partial charge is 0.377 e. The van der Waals surface area contributed by atoms with Crippen LogP contribution in [0.3, 0.4) is 0 Å². The van der Waals surface area contributed by atoms with E-state index in [0.29, 0.717) is 25.5 Å². The highest BCUT2D eigenvalue weighted by Gasteiger charge is 1.89. The normalized spacial score (nSPS) is 11.6. The molecule has 0 fully saturated rings. The zero-order chi connectivity index (χ0) is 7.11. The van der Waals surface area contributed by atoms with E-state index in [0.717, 1.165) is 0 Å². The zero-order valence-corrected chi connectivity index (χ0v) is 5.93. The van der Waals surface area contributed by atoms with E-state index in [9.17, 15) is 4.39 Å². The molecule has 0 aliphatic heterocycles. The summed E-state index contributed by atoms with van der Waals surface area (Å²) in [6.07, 6.45) is 1.85. The van der Waals surface area contributed by atoms with Crippen molar-refractivity contribution in [2.75, 3.05) is 13.2 Å². The topological polar surface area (TPSA) is 9.23 Å². The lowest BCUT2D eigenvalue weighted by atomic mass is 10.2. The zero-order valence-electron chi connectivity index (χ0n) is 5.93. The van der Waals surface area contributed by atoms with Gasteiger partial charge in [-0.2, -0.15) is 0 Å². The smallest absolute Gasteiger partial charge is 0.0849 e. The lowest BCUT2D eigenvalue weighted by Gasteiger charge is -2.02. The van der Waals surface area contributed by atoms with Gasteiger partial charge in [0.05, 0.1) is 12.9 Å². The van der Waals surface area contributed by atoms with Gasteiger partial charge in [0.1, 0.15) is 0 Å². The second-order valence-electron chi connectivity index (χ2n) is 2.29. The van der Waals surface area contributed by atoms with E-state index >= 15 is 0 Å². The Morgan fingerprint density at radius 1 is 1.56 bits per heavy atom.